The molecule has 1 aliphatic heterocycles. The summed E-state index contributed by atoms with van der Waals surface area (Å²) in [4.78, 5) is 24.9. The second kappa shape index (κ2) is 5.52. The third-order valence-corrected chi connectivity index (χ3v) is 4.17. The van der Waals surface area contributed by atoms with E-state index < -0.39 is 17.8 Å². The van der Waals surface area contributed by atoms with Gasteiger partial charge < -0.3 is 10.0 Å². The zero-order chi connectivity index (χ0) is 13.2. The van der Waals surface area contributed by atoms with Crippen molar-refractivity contribution in [1.82, 2.24) is 4.90 Å². The number of piperidine rings is 1. The molecule has 1 N–H and O–H groups in total. The molecule has 0 radical (unpaired) electrons. The van der Waals surface area contributed by atoms with E-state index in [4.69, 9.17) is 5.11 Å². The fraction of sp³-hybridized carbons (Fsp3) is 0.846. The number of hydrogen-bond donors (Lipinski definition) is 1. The van der Waals surface area contributed by atoms with E-state index in [1.807, 2.05) is 4.90 Å². The van der Waals surface area contributed by atoms with Gasteiger partial charge >= 0.3 is 5.97 Å². The van der Waals surface area contributed by atoms with Gasteiger partial charge in [-0.15, -0.1) is 0 Å². The van der Waals surface area contributed by atoms with Crippen molar-refractivity contribution in [2.75, 3.05) is 13.1 Å². The molecule has 0 aromatic heterocycles. The molecule has 17 heavy (non-hydrogen) atoms. The highest BCUT2D eigenvalue weighted by Crippen LogP contribution is 2.25. The van der Waals surface area contributed by atoms with E-state index in [0.717, 1.165) is 19.5 Å². The number of amides is 1. The van der Waals surface area contributed by atoms with Gasteiger partial charge in [0.05, 0.1) is 5.92 Å². The molecule has 98 valence electrons. The fourth-order valence-electron chi connectivity index (χ4n) is 2.18. The number of carbonyl (C=O) groups excluding carboxylic acids is 1. The molecule has 1 amide bonds. The Morgan fingerprint density at radius 3 is 2.24 bits per heavy atom. The number of aliphatic carboxylic acids is 1. The van der Waals surface area contributed by atoms with Crippen molar-refractivity contribution in [2.24, 2.45) is 23.7 Å². The molecular weight excluding hydrogens is 218 g/mol. The first-order valence-electron chi connectivity index (χ1n) is 6.36. The quantitative estimate of drug-likeness (QED) is 0.820. The van der Waals surface area contributed by atoms with Crippen molar-refractivity contribution in [1.29, 1.82) is 0 Å². The third-order valence-electron chi connectivity index (χ3n) is 4.17. The average Bonchev–Trinajstić information content (AvgIpc) is 2.29. The van der Waals surface area contributed by atoms with Crippen LogP contribution in [0.2, 0.25) is 0 Å². The normalized spacial score (nSPS) is 28.6. The maximum absolute atomic E-state index is 12.2. The van der Waals surface area contributed by atoms with Crippen LogP contribution < -0.4 is 0 Å². The highest BCUT2D eigenvalue weighted by Gasteiger charge is 2.32. The minimum absolute atomic E-state index is 0.0151. The summed E-state index contributed by atoms with van der Waals surface area (Å²) < 4.78 is 0. The monoisotopic (exact) mass is 241 g/mol. The van der Waals surface area contributed by atoms with Gasteiger partial charge in [-0.2, -0.15) is 0 Å². The Labute approximate surface area is 103 Å². The van der Waals surface area contributed by atoms with Crippen LogP contribution in [-0.2, 0) is 9.59 Å². The van der Waals surface area contributed by atoms with Gasteiger partial charge in [-0.25, -0.2) is 0 Å². The molecule has 0 aromatic rings. The van der Waals surface area contributed by atoms with Gasteiger partial charge in [0.15, 0.2) is 0 Å². The van der Waals surface area contributed by atoms with Gasteiger partial charge in [-0.05, 0) is 18.3 Å². The Kier molecular flexibility index (Phi) is 4.54. The number of likely N-dealkylation sites (tertiary alicyclic amines) is 1. The molecule has 1 saturated heterocycles. The molecule has 0 aliphatic carbocycles. The van der Waals surface area contributed by atoms with Gasteiger partial charge in [0, 0.05) is 19.0 Å². The van der Waals surface area contributed by atoms with Crippen molar-refractivity contribution in [3.05, 3.63) is 0 Å². The summed E-state index contributed by atoms with van der Waals surface area (Å²) in [6, 6.07) is 0. The van der Waals surface area contributed by atoms with E-state index in [1.165, 1.54) is 0 Å². The van der Waals surface area contributed by atoms with E-state index in [2.05, 4.69) is 13.8 Å². The summed E-state index contributed by atoms with van der Waals surface area (Å²) in [5, 5.41) is 8.92. The molecule has 4 unspecified atom stereocenters. The maximum Gasteiger partial charge on any atom is 0.307 e. The lowest BCUT2D eigenvalue weighted by atomic mass is 9.87. The van der Waals surface area contributed by atoms with E-state index in [0.29, 0.717) is 11.8 Å². The first-order valence-corrected chi connectivity index (χ1v) is 6.36. The lowest BCUT2D eigenvalue weighted by Crippen LogP contribution is -2.46. The van der Waals surface area contributed by atoms with Crippen LogP contribution in [0.25, 0.3) is 0 Å². The fourth-order valence-corrected chi connectivity index (χ4v) is 2.18. The van der Waals surface area contributed by atoms with Crippen molar-refractivity contribution >= 4 is 11.9 Å². The third kappa shape index (κ3) is 3.20. The van der Waals surface area contributed by atoms with Crippen LogP contribution in [0.5, 0.6) is 0 Å². The van der Waals surface area contributed by atoms with Gasteiger partial charge in [-0.1, -0.05) is 27.7 Å². The number of carbonyl (C=O) groups is 2. The molecule has 1 aliphatic rings. The number of hydrogen-bond acceptors (Lipinski definition) is 2. The SMILES string of the molecule is CC1CCN(C(=O)C(C)C(C)C(=O)O)CC1C. The molecular formula is C13H23NO3. The summed E-state index contributed by atoms with van der Waals surface area (Å²) in [7, 11) is 0. The van der Waals surface area contributed by atoms with Gasteiger partial charge in [0.1, 0.15) is 0 Å². The largest absolute Gasteiger partial charge is 0.481 e. The zero-order valence-electron chi connectivity index (χ0n) is 11.1. The lowest BCUT2D eigenvalue weighted by Gasteiger charge is -2.37. The highest BCUT2D eigenvalue weighted by molar-refractivity contribution is 5.84. The Morgan fingerprint density at radius 2 is 1.76 bits per heavy atom. The van der Waals surface area contributed by atoms with Crippen molar-refractivity contribution in [3.63, 3.8) is 0 Å². The summed E-state index contributed by atoms with van der Waals surface area (Å²) in [6.07, 6.45) is 1.01. The Morgan fingerprint density at radius 1 is 1.18 bits per heavy atom. The zero-order valence-corrected chi connectivity index (χ0v) is 11.1. The van der Waals surface area contributed by atoms with Crippen LogP contribution in [0, 0.1) is 23.7 Å². The van der Waals surface area contributed by atoms with Gasteiger partial charge in [0.2, 0.25) is 5.91 Å². The van der Waals surface area contributed by atoms with E-state index >= 15 is 0 Å². The van der Waals surface area contributed by atoms with E-state index in [1.54, 1.807) is 13.8 Å². The van der Waals surface area contributed by atoms with Crippen molar-refractivity contribution < 1.29 is 14.7 Å². The van der Waals surface area contributed by atoms with Crippen LogP contribution in [0.1, 0.15) is 34.1 Å². The minimum Gasteiger partial charge on any atom is -0.481 e. The average molecular weight is 241 g/mol. The second-order valence-corrected chi connectivity index (χ2v) is 5.44. The molecule has 4 atom stereocenters. The minimum atomic E-state index is -0.899. The molecule has 1 heterocycles. The summed E-state index contributed by atoms with van der Waals surface area (Å²) in [6.45, 7) is 9.19. The first-order chi connectivity index (χ1) is 7.84. The smallest absolute Gasteiger partial charge is 0.307 e. The summed E-state index contributed by atoms with van der Waals surface area (Å²) >= 11 is 0. The molecule has 4 nitrogen and oxygen atoms in total. The molecule has 0 spiro atoms. The summed E-state index contributed by atoms with van der Waals surface area (Å²) in [5.74, 6) is -0.820. The molecule has 0 saturated carbocycles. The van der Waals surface area contributed by atoms with Crippen LogP contribution in [-0.4, -0.2) is 35.0 Å². The van der Waals surface area contributed by atoms with E-state index in [-0.39, 0.29) is 5.91 Å². The predicted octanol–water partition coefficient (Wildman–Crippen LogP) is 1.85. The molecule has 4 heteroatoms. The predicted molar refractivity (Wildman–Crippen MR) is 65.5 cm³/mol. The maximum atomic E-state index is 12.2. The number of carboxylic acid groups (broad SMARTS) is 1. The topological polar surface area (TPSA) is 57.6 Å². The molecule has 0 aromatic carbocycles. The molecule has 0 bridgehead atoms. The van der Waals surface area contributed by atoms with Crippen LogP contribution >= 0.6 is 0 Å². The number of rotatable bonds is 3. The number of nitrogens with zero attached hydrogens (tertiary/aromatic N) is 1. The Balaban J connectivity index is 2.61. The second-order valence-electron chi connectivity index (χ2n) is 5.44. The highest BCUT2D eigenvalue weighted by atomic mass is 16.4. The van der Waals surface area contributed by atoms with Crippen molar-refractivity contribution in [3.8, 4) is 0 Å². The van der Waals surface area contributed by atoms with Gasteiger partial charge in [0.25, 0.3) is 0 Å². The lowest BCUT2D eigenvalue weighted by molar-refractivity contribution is -0.150. The summed E-state index contributed by atoms with van der Waals surface area (Å²) in [5.41, 5.74) is 0. The number of carboxylic acids is 1. The Hall–Kier alpha value is -1.06. The standard InChI is InChI=1S/C13H23NO3/c1-8-5-6-14(7-9(8)2)12(15)10(3)11(4)13(16)17/h8-11H,5-7H2,1-4H3,(H,16,17). The Bertz CT molecular complexity index is 303. The first kappa shape index (κ1) is 14.0. The van der Waals surface area contributed by atoms with Crippen LogP contribution in [0.4, 0.5) is 0 Å². The molecule has 1 fully saturated rings. The van der Waals surface area contributed by atoms with Crippen molar-refractivity contribution in [2.45, 2.75) is 34.1 Å². The van der Waals surface area contributed by atoms with Gasteiger partial charge in [-0.3, -0.25) is 9.59 Å². The molecule has 1 rings (SSSR count). The van der Waals surface area contributed by atoms with E-state index in [9.17, 15) is 9.59 Å². The van der Waals surface area contributed by atoms with Crippen LogP contribution in [0.3, 0.4) is 0 Å². The van der Waals surface area contributed by atoms with Crippen LogP contribution in [0.15, 0.2) is 0 Å².